The second kappa shape index (κ2) is 10.1. The summed E-state index contributed by atoms with van der Waals surface area (Å²) in [7, 11) is 0. The quantitative estimate of drug-likeness (QED) is 0.197. The van der Waals surface area contributed by atoms with Crippen molar-refractivity contribution in [2.24, 2.45) is 5.92 Å². The highest BCUT2D eigenvalue weighted by Gasteiger charge is 2.47. The SMILES string of the molecule is C=C1C(=O)OC2C=C(COC(=O)CCCCC)CCC(OCC)C3=CC(OC3=O)C12. The van der Waals surface area contributed by atoms with Gasteiger partial charge in [-0.05, 0) is 43.9 Å². The molecule has 1 saturated heterocycles. The van der Waals surface area contributed by atoms with Crippen molar-refractivity contribution in [3.05, 3.63) is 35.5 Å². The molecule has 0 radical (unpaired) electrons. The molecule has 3 aliphatic rings. The van der Waals surface area contributed by atoms with E-state index in [1.54, 1.807) is 6.08 Å². The van der Waals surface area contributed by atoms with Crippen LogP contribution in [0.2, 0.25) is 0 Å². The predicted octanol–water partition coefficient (Wildman–Crippen LogP) is 3.18. The lowest BCUT2D eigenvalue weighted by Gasteiger charge is -2.22. The standard InChI is InChI=1S/C23H30O7/c1-4-6-7-8-20(24)28-13-15-9-10-17(27-5-2)16-12-19(30-23(16)26)21-14(3)22(25)29-18(21)11-15/h11-12,17-19,21H,3-10,13H2,1-2H3. The minimum Gasteiger partial charge on any atom is -0.461 e. The fraction of sp³-hybridized carbons (Fsp3) is 0.609. The molecule has 1 fully saturated rings. The third-order valence-corrected chi connectivity index (χ3v) is 5.68. The van der Waals surface area contributed by atoms with Crippen LogP contribution >= 0.6 is 0 Å². The third-order valence-electron chi connectivity index (χ3n) is 5.68. The number of carbonyl (C=O) groups is 3. The van der Waals surface area contributed by atoms with Crippen molar-refractivity contribution < 1.29 is 33.3 Å². The topological polar surface area (TPSA) is 88.1 Å². The molecule has 0 aromatic carbocycles. The molecule has 164 valence electrons. The molecular weight excluding hydrogens is 388 g/mol. The van der Waals surface area contributed by atoms with E-state index in [1.807, 2.05) is 13.0 Å². The van der Waals surface area contributed by atoms with Crippen LogP contribution in [-0.2, 0) is 33.3 Å². The lowest BCUT2D eigenvalue weighted by atomic mass is 9.87. The van der Waals surface area contributed by atoms with E-state index in [9.17, 15) is 14.4 Å². The Morgan fingerprint density at radius 1 is 1.13 bits per heavy atom. The molecule has 7 nitrogen and oxygen atoms in total. The minimum atomic E-state index is -0.633. The van der Waals surface area contributed by atoms with Crippen molar-refractivity contribution in [1.82, 2.24) is 0 Å². The van der Waals surface area contributed by atoms with Gasteiger partial charge in [0.2, 0.25) is 0 Å². The van der Waals surface area contributed by atoms with Gasteiger partial charge in [0.25, 0.3) is 0 Å². The van der Waals surface area contributed by atoms with Crippen molar-refractivity contribution in [1.29, 1.82) is 0 Å². The molecule has 1 aliphatic carbocycles. The van der Waals surface area contributed by atoms with Gasteiger partial charge < -0.3 is 18.9 Å². The summed E-state index contributed by atoms with van der Waals surface area (Å²) in [6.45, 7) is 8.36. The molecule has 0 aromatic heterocycles. The molecule has 4 atom stereocenters. The summed E-state index contributed by atoms with van der Waals surface area (Å²) in [5.41, 5.74) is 1.57. The predicted molar refractivity (Wildman–Crippen MR) is 108 cm³/mol. The van der Waals surface area contributed by atoms with Crippen LogP contribution in [-0.4, -0.2) is 49.4 Å². The van der Waals surface area contributed by atoms with Crippen molar-refractivity contribution in [3.8, 4) is 0 Å². The molecule has 2 bridgehead atoms. The van der Waals surface area contributed by atoms with Crippen LogP contribution in [0, 0.1) is 5.92 Å². The van der Waals surface area contributed by atoms with Crippen LogP contribution < -0.4 is 0 Å². The zero-order chi connectivity index (χ0) is 21.7. The van der Waals surface area contributed by atoms with Gasteiger partial charge in [-0.2, -0.15) is 0 Å². The van der Waals surface area contributed by atoms with Gasteiger partial charge in [-0.15, -0.1) is 0 Å². The molecule has 4 unspecified atom stereocenters. The second-order valence-electron chi connectivity index (χ2n) is 7.84. The number of fused-ring (bicyclic) bond motifs is 3. The molecule has 2 aliphatic heterocycles. The first kappa shape index (κ1) is 22.3. The number of unbranched alkanes of at least 4 members (excludes halogenated alkanes) is 2. The Morgan fingerprint density at radius 2 is 1.87 bits per heavy atom. The summed E-state index contributed by atoms with van der Waals surface area (Å²) in [6.07, 6.45) is 6.17. The second-order valence-corrected chi connectivity index (χ2v) is 7.84. The number of hydrogen-bond acceptors (Lipinski definition) is 7. The van der Waals surface area contributed by atoms with Gasteiger partial charge in [0.15, 0.2) is 0 Å². The van der Waals surface area contributed by atoms with E-state index in [0.717, 1.165) is 24.8 Å². The summed E-state index contributed by atoms with van der Waals surface area (Å²) in [6, 6.07) is 0. The Kier molecular flexibility index (Phi) is 7.48. The van der Waals surface area contributed by atoms with Gasteiger partial charge in [0, 0.05) is 18.6 Å². The maximum atomic E-state index is 12.5. The van der Waals surface area contributed by atoms with Gasteiger partial charge in [0.1, 0.15) is 18.8 Å². The average Bonchev–Trinajstić information content (AvgIpc) is 3.21. The minimum absolute atomic E-state index is 0.121. The lowest BCUT2D eigenvalue weighted by molar-refractivity contribution is -0.144. The monoisotopic (exact) mass is 418 g/mol. The van der Waals surface area contributed by atoms with E-state index in [2.05, 4.69) is 13.5 Å². The molecule has 0 N–H and O–H groups in total. The third kappa shape index (κ3) is 5.01. The number of esters is 3. The van der Waals surface area contributed by atoms with E-state index in [-0.39, 0.29) is 18.1 Å². The molecule has 30 heavy (non-hydrogen) atoms. The van der Waals surface area contributed by atoms with Crippen LogP contribution in [0.5, 0.6) is 0 Å². The van der Waals surface area contributed by atoms with Crippen LogP contribution in [0.1, 0.15) is 52.4 Å². The zero-order valence-corrected chi connectivity index (χ0v) is 17.7. The normalized spacial score (nSPS) is 28.3. The maximum absolute atomic E-state index is 12.5. The Hall–Kier alpha value is -2.41. The maximum Gasteiger partial charge on any atom is 0.337 e. The van der Waals surface area contributed by atoms with E-state index in [4.69, 9.17) is 18.9 Å². The van der Waals surface area contributed by atoms with E-state index in [0.29, 0.717) is 31.4 Å². The summed E-state index contributed by atoms with van der Waals surface area (Å²) in [5.74, 6) is -1.69. The first-order valence-corrected chi connectivity index (χ1v) is 10.7. The highest BCUT2D eigenvalue weighted by atomic mass is 16.6. The molecule has 0 saturated carbocycles. The van der Waals surface area contributed by atoms with Gasteiger partial charge >= 0.3 is 17.9 Å². The van der Waals surface area contributed by atoms with Crippen molar-refractivity contribution >= 4 is 17.9 Å². The number of hydrogen-bond donors (Lipinski definition) is 0. The smallest absolute Gasteiger partial charge is 0.337 e. The van der Waals surface area contributed by atoms with Crippen molar-refractivity contribution in [3.63, 3.8) is 0 Å². The van der Waals surface area contributed by atoms with Crippen LogP contribution in [0.4, 0.5) is 0 Å². The van der Waals surface area contributed by atoms with E-state index >= 15 is 0 Å². The highest BCUT2D eigenvalue weighted by molar-refractivity contribution is 5.94. The Labute approximate surface area is 177 Å². The summed E-state index contributed by atoms with van der Waals surface area (Å²) < 4.78 is 22.3. The number of ether oxygens (including phenoxy) is 4. The lowest BCUT2D eigenvalue weighted by Crippen LogP contribution is -2.28. The Balaban J connectivity index is 1.80. The molecule has 0 aromatic rings. The molecule has 0 spiro atoms. The Bertz CT molecular complexity index is 764. The average molecular weight is 418 g/mol. The first-order chi connectivity index (χ1) is 14.4. The van der Waals surface area contributed by atoms with Gasteiger partial charge in [-0.1, -0.05) is 26.3 Å². The molecule has 2 heterocycles. The number of rotatable bonds is 8. The molecule has 7 heteroatoms. The molecule has 0 amide bonds. The van der Waals surface area contributed by atoms with Crippen LogP contribution in [0.15, 0.2) is 35.5 Å². The first-order valence-electron chi connectivity index (χ1n) is 10.7. The highest BCUT2D eigenvalue weighted by Crippen LogP contribution is 2.38. The Morgan fingerprint density at radius 3 is 2.60 bits per heavy atom. The van der Waals surface area contributed by atoms with Crippen LogP contribution in [0.3, 0.4) is 0 Å². The fourth-order valence-electron chi connectivity index (χ4n) is 4.06. The summed E-state index contributed by atoms with van der Waals surface area (Å²) >= 11 is 0. The summed E-state index contributed by atoms with van der Waals surface area (Å²) in [4.78, 5) is 36.7. The van der Waals surface area contributed by atoms with E-state index in [1.165, 1.54) is 0 Å². The fourth-order valence-corrected chi connectivity index (χ4v) is 4.06. The summed E-state index contributed by atoms with van der Waals surface area (Å²) in [5, 5.41) is 0. The van der Waals surface area contributed by atoms with Crippen molar-refractivity contribution in [2.75, 3.05) is 13.2 Å². The van der Waals surface area contributed by atoms with Gasteiger partial charge in [-0.3, -0.25) is 4.79 Å². The molecule has 3 rings (SSSR count). The van der Waals surface area contributed by atoms with E-state index < -0.39 is 36.2 Å². The molecular formula is C23H30O7. The van der Waals surface area contributed by atoms with Gasteiger partial charge in [-0.25, -0.2) is 9.59 Å². The largest absolute Gasteiger partial charge is 0.461 e. The number of carbonyl (C=O) groups excluding carboxylic acids is 3. The van der Waals surface area contributed by atoms with Crippen LogP contribution in [0.25, 0.3) is 0 Å². The van der Waals surface area contributed by atoms with Crippen molar-refractivity contribution in [2.45, 2.75) is 70.7 Å². The van der Waals surface area contributed by atoms with Gasteiger partial charge in [0.05, 0.1) is 17.6 Å². The zero-order valence-electron chi connectivity index (χ0n) is 17.7.